The molecule has 0 fully saturated rings. The van der Waals surface area contributed by atoms with Crippen molar-refractivity contribution in [1.29, 1.82) is 0 Å². The van der Waals surface area contributed by atoms with E-state index >= 15 is 0 Å². The number of carbonyl (C=O) groups is 5. The summed E-state index contributed by atoms with van der Waals surface area (Å²) in [4.78, 5) is 77.8. The molecular weight excluding hydrogens is 662 g/mol. The van der Waals surface area contributed by atoms with Crippen LogP contribution in [-0.4, -0.2) is 122 Å². The van der Waals surface area contributed by atoms with Crippen LogP contribution in [0.15, 0.2) is 35.3 Å². The Morgan fingerprint density at radius 1 is 0.673 bits per heavy atom. The first-order valence-electron chi connectivity index (χ1n) is 18.4. The Hall–Kier alpha value is -4.20. The summed E-state index contributed by atoms with van der Waals surface area (Å²) in [5.74, 6) is -2.72. The second-order valence-electron chi connectivity index (χ2n) is 15.0. The molecule has 294 valence electrons. The normalized spacial score (nSPS) is 14.3. The van der Waals surface area contributed by atoms with Gasteiger partial charge in [0.15, 0.2) is 5.96 Å². The van der Waals surface area contributed by atoms with Crippen molar-refractivity contribution in [3.05, 3.63) is 35.9 Å². The lowest BCUT2D eigenvalue weighted by atomic mass is 9.94. The van der Waals surface area contributed by atoms with Gasteiger partial charge in [-0.2, -0.15) is 0 Å². The van der Waals surface area contributed by atoms with E-state index in [4.69, 9.17) is 11.5 Å². The van der Waals surface area contributed by atoms with E-state index in [-0.39, 0.29) is 47.9 Å². The van der Waals surface area contributed by atoms with E-state index in [0.29, 0.717) is 25.9 Å². The fraction of sp³-hybridized carbons (Fsp3) is 0.684. The quantitative estimate of drug-likeness (QED) is 0.0715. The number of benzene rings is 1. The van der Waals surface area contributed by atoms with E-state index in [1.54, 1.807) is 28.2 Å². The summed E-state index contributed by atoms with van der Waals surface area (Å²) in [5, 5.41) is 8.87. The van der Waals surface area contributed by atoms with Crippen LogP contribution >= 0.6 is 0 Å². The SMILES string of the molecule is CN[C@H](C(=O)N[C@H](C(=O)N(C)[C@H](C(=O)N(C)[C@H](C(=O)N(C)[C@@H](Cc1ccccc1)C(=O)NCCCCN=C(N)N)C(C)C)C(C)C)C(C)C)C(C)C. The molecule has 0 saturated carbocycles. The maximum absolute atomic E-state index is 14.4. The molecule has 0 heterocycles. The number of likely N-dealkylation sites (N-methyl/N-ethyl adjacent to an activating group) is 4. The Morgan fingerprint density at radius 3 is 1.63 bits per heavy atom. The number of amides is 5. The molecule has 0 aliphatic rings. The number of guanidine groups is 1. The number of rotatable bonds is 21. The Labute approximate surface area is 311 Å². The molecule has 0 bridgehead atoms. The highest BCUT2D eigenvalue weighted by Gasteiger charge is 2.42. The van der Waals surface area contributed by atoms with Crippen LogP contribution in [0.5, 0.6) is 0 Å². The van der Waals surface area contributed by atoms with Gasteiger partial charge in [-0.25, -0.2) is 0 Å². The van der Waals surface area contributed by atoms with Gasteiger partial charge in [0.1, 0.15) is 24.2 Å². The van der Waals surface area contributed by atoms with Gasteiger partial charge in [0.2, 0.25) is 29.5 Å². The molecule has 1 aromatic rings. The number of carbonyl (C=O) groups excluding carboxylic acids is 5. The molecule has 5 amide bonds. The summed E-state index contributed by atoms with van der Waals surface area (Å²) in [7, 11) is 6.42. The molecule has 52 heavy (non-hydrogen) atoms. The molecule has 0 spiro atoms. The van der Waals surface area contributed by atoms with E-state index in [0.717, 1.165) is 5.56 Å². The van der Waals surface area contributed by atoms with Crippen molar-refractivity contribution in [2.24, 2.45) is 40.1 Å². The van der Waals surface area contributed by atoms with Gasteiger partial charge < -0.3 is 42.1 Å². The van der Waals surface area contributed by atoms with E-state index in [1.165, 1.54) is 14.7 Å². The molecule has 0 radical (unpaired) electrons. The van der Waals surface area contributed by atoms with Crippen molar-refractivity contribution in [3.63, 3.8) is 0 Å². The number of nitrogens with zero attached hydrogens (tertiary/aromatic N) is 4. The maximum atomic E-state index is 14.4. The minimum atomic E-state index is -0.934. The fourth-order valence-electron chi connectivity index (χ4n) is 6.40. The minimum absolute atomic E-state index is 0.00624. The molecule has 0 aromatic heterocycles. The number of nitrogens with one attached hydrogen (secondary N) is 3. The van der Waals surface area contributed by atoms with Crippen LogP contribution in [0.1, 0.15) is 73.8 Å². The largest absolute Gasteiger partial charge is 0.370 e. The number of hydrogen-bond acceptors (Lipinski definition) is 7. The molecule has 0 aliphatic heterocycles. The van der Waals surface area contributed by atoms with Gasteiger partial charge in [0.25, 0.3) is 0 Å². The van der Waals surface area contributed by atoms with Gasteiger partial charge in [0.05, 0.1) is 6.04 Å². The van der Waals surface area contributed by atoms with Crippen molar-refractivity contribution in [2.75, 3.05) is 41.3 Å². The van der Waals surface area contributed by atoms with Crippen molar-refractivity contribution in [3.8, 4) is 0 Å². The van der Waals surface area contributed by atoms with Crippen LogP contribution in [0.2, 0.25) is 0 Å². The van der Waals surface area contributed by atoms with Gasteiger partial charge in [-0.3, -0.25) is 29.0 Å². The zero-order valence-electron chi connectivity index (χ0n) is 33.6. The van der Waals surface area contributed by atoms with Crippen LogP contribution in [0.3, 0.4) is 0 Å². The Balaban J connectivity index is 3.36. The molecule has 7 N–H and O–H groups in total. The number of unbranched alkanes of at least 4 members (excludes halogenated alkanes) is 1. The summed E-state index contributed by atoms with van der Waals surface area (Å²) in [5.41, 5.74) is 11.7. The Kier molecular flexibility index (Phi) is 19.4. The highest BCUT2D eigenvalue weighted by molar-refractivity contribution is 5.96. The number of aliphatic imine (C=N–C) groups is 1. The van der Waals surface area contributed by atoms with E-state index in [1.807, 2.05) is 85.7 Å². The van der Waals surface area contributed by atoms with Crippen molar-refractivity contribution < 1.29 is 24.0 Å². The maximum Gasteiger partial charge on any atom is 0.246 e. The van der Waals surface area contributed by atoms with Crippen LogP contribution in [0.4, 0.5) is 0 Å². The van der Waals surface area contributed by atoms with Gasteiger partial charge >= 0.3 is 0 Å². The first kappa shape index (κ1) is 45.8. The lowest BCUT2D eigenvalue weighted by molar-refractivity contribution is -0.155. The van der Waals surface area contributed by atoms with Crippen molar-refractivity contribution in [2.45, 2.75) is 105 Å². The lowest BCUT2D eigenvalue weighted by Gasteiger charge is -2.40. The second-order valence-corrected chi connectivity index (χ2v) is 15.0. The summed E-state index contributed by atoms with van der Waals surface area (Å²) in [6.07, 6.45) is 1.58. The Morgan fingerprint density at radius 2 is 1.17 bits per heavy atom. The molecule has 5 atom stereocenters. The van der Waals surface area contributed by atoms with E-state index < -0.39 is 47.9 Å². The average molecular weight is 730 g/mol. The smallest absolute Gasteiger partial charge is 0.246 e. The second kappa shape index (κ2) is 22.0. The average Bonchev–Trinajstić information content (AvgIpc) is 3.06. The summed E-state index contributed by atoms with van der Waals surface area (Å²) >= 11 is 0. The van der Waals surface area contributed by atoms with Crippen LogP contribution < -0.4 is 27.4 Å². The standard InChI is InChI=1S/C38H67N9O5/c1-23(2)29(41-9)34(49)44-30(24(3)4)35(50)46(11)32(26(7)8)37(52)47(12)31(25(5)6)36(51)45(10)28(22-27-18-14-13-15-19-27)33(48)42-20-16-17-21-43-38(39)40/h13-15,18-19,23-26,28-32,41H,16-17,20-22H2,1-12H3,(H,42,48)(H,44,49)(H4,39,40,43)/t28-,29-,30-,31-,32-/m0/s1. The topological polar surface area (TPSA) is 196 Å². The third-order valence-electron chi connectivity index (χ3n) is 9.36. The molecule has 0 unspecified atom stereocenters. The third kappa shape index (κ3) is 13.4. The van der Waals surface area contributed by atoms with Crippen molar-refractivity contribution >= 4 is 35.5 Å². The molecule has 1 aromatic carbocycles. The summed E-state index contributed by atoms with van der Waals surface area (Å²) < 4.78 is 0. The van der Waals surface area contributed by atoms with Crippen LogP contribution in [0, 0.1) is 23.7 Å². The fourth-order valence-corrected chi connectivity index (χ4v) is 6.40. The van der Waals surface area contributed by atoms with E-state index in [9.17, 15) is 24.0 Å². The molecule has 1 rings (SSSR count). The van der Waals surface area contributed by atoms with E-state index in [2.05, 4.69) is 20.9 Å². The number of nitrogens with two attached hydrogens (primary N) is 2. The highest BCUT2D eigenvalue weighted by Crippen LogP contribution is 2.22. The van der Waals surface area contributed by atoms with Gasteiger partial charge in [-0.05, 0) is 49.1 Å². The van der Waals surface area contributed by atoms with Gasteiger partial charge in [-0.1, -0.05) is 85.7 Å². The van der Waals surface area contributed by atoms with Gasteiger partial charge in [-0.15, -0.1) is 0 Å². The van der Waals surface area contributed by atoms with Crippen LogP contribution in [-0.2, 0) is 30.4 Å². The summed E-state index contributed by atoms with van der Waals surface area (Å²) in [6.45, 7) is 15.7. The lowest BCUT2D eigenvalue weighted by Crippen LogP contribution is -2.62. The zero-order chi connectivity index (χ0) is 39.9. The molecule has 0 saturated heterocycles. The number of hydrogen-bond donors (Lipinski definition) is 5. The monoisotopic (exact) mass is 730 g/mol. The molecule has 14 heteroatoms. The van der Waals surface area contributed by atoms with Crippen molar-refractivity contribution in [1.82, 2.24) is 30.7 Å². The zero-order valence-corrected chi connectivity index (χ0v) is 33.6. The molecule has 14 nitrogen and oxygen atoms in total. The highest BCUT2D eigenvalue weighted by atomic mass is 16.2. The third-order valence-corrected chi connectivity index (χ3v) is 9.36. The molecule has 0 aliphatic carbocycles. The van der Waals surface area contributed by atoms with Gasteiger partial charge in [0, 0.05) is 40.7 Å². The first-order valence-corrected chi connectivity index (χ1v) is 18.4. The summed E-state index contributed by atoms with van der Waals surface area (Å²) in [6, 6.07) is 5.35. The minimum Gasteiger partial charge on any atom is -0.370 e. The predicted molar refractivity (Wildman–Crippen MR) is 207 cm³/mol. The Bertz CT molecular complexity index is 1330. The molecular formula is C38H67N9O5. The predicted octanol–water partition coefficient (Wildman–Crippen LogP) is 1.58. The first-order chi connectivity index (χ1) is 24.3. The van der Waals surface area contributed by atoms with Crippen LogP contribution in [0.25, 0.3) is 0 Å².